The fourth-order valence-electron chi connectivity index (χ4n) is 7.62. The molecule has 11 heteroatoms. The molecule has 0 saturated carbocycles. The number of piperazine rings is 3. The highest BCUT2D eigenvalue weighted by Gasteiger charge is 2.37. The molecule has 0 radical (unpaired) electrons. The fourth-order valence-corrected chi connectivity index (χ4v) is 7.62. The van der Waals surface area contributed by atoms with Crippen LogP contribution >= 0.6 is 0 Å². The number of rotatable bonds is 17. The first-order chi connectivity index (χ1) is 25.2. The second-order valence-electron chi connectivity index (χ2n) is 13.9. The molecule has 9 nitrogen and oxygen atoms in total. The number of anilines is 1. The lowest BCUT2D eigenvalue weighted by molar-refractivity contribution is -0.941. The smallest absolute Gasteiger partial charge is 0.263 e. The standard InChI is InChI=1S/C41H51F2N4O5/c1-4-45(32-23-30(42)22-31(43)24-32)41(49)38-29-46(33-25-35(50-3)27-36(26-33)51-5-2)39-28-34(12-13-37(39)40(38)48)52-21-11-9-7-6-8-10-17-47-18-14-44(15-19-47)16-20-47/h12-13,22-29H,4-11,14-21H2,1-3H3/q+1. The van der Waals surface area contributed by atoms with Crippen LogP contribution < -0.4 is 24.5 Å². The molecule has 0 atom stereocenters. The molecular formula is C41H51F2N4O5+. The number of carbonyl (C=O) groups excluding carboxylic acids is 1. The first kappa shape index (κ1) is 37.3. The number of methoxy groups -OCH3 is 1. The molecule has 1 amide bonds. The zero-order valence-corrected chi connectivity index (χ0v) is 30.7. The van der Waals surface area contributed by atoms with Crippen LogP contribution in [-0.4, -0.2) is 92.5 Å². The molecule has 3 aliphatic heterocycles. The molecule has 3 saturated heterocycles. The van der Waals surface area contributed by atoms with Crippen molar-refractivity contribution in [1.82, 2.24) is 9.47 Å². The van der Waals surface area contributed by atoms with Gasteiger partial charge in [0.1, 0.15) is 34.4 Å². The van der Waals surface area contributed by atoms with Crippen molar-refractivity contribution in [2.24, 2.45) is 0 Å². The van der Waals surface area contributed by atoms with Gasteiger partial charge in [0.2, 0.25) is 5.43 Å². The lowest BCUT2D eigenvalue weighted by Crippen LogP contribution is -2.67. The third-order valence-corrected chi connectivity index (χ3v) is 10.6. The van der Waals surface area contributed by atoms with E-state index in [9.17, 15) is 18.4 Å². The fraction of sp³-hybridized carbons (Fsp3) is 0.463. The van der Waals surface area contributed by atoms with Gasteiger partial charge in [-0.3, -0.25) is 14.5 Å². The zero-order valence-electron chi connectivity index (χ0n) is 30.7. The summed E-state index contributed by atoms with van der Waals surface area (Å²) >= 11 is 0. The van der Waals surface area contributed by atoms with E-state index in [1.165, 1.54) is 87.1 Å². The molecule has 3 fully saturated rings. The van der Waals surface area contributed by atoms with Gasteiger partial charge in [0.25, 0.3) is 5.91 Å². The molecule has 278 valence electrons. The van der Waals surface area contributed by atoms with E-state index >= 15 is 0 Å². The highest BCUT2D eigenvalue weighted by molar-refractivity contribution is 6.07. The maximum absolute atomic E-state index is 14.2. The van der Waals surface area contributed by atoms with Crippen LogP contribution in [0.1, 0.15) is 62.7 Å². The van der Waals surface area contributed by atoms with Crippen LogP contribution in [0.15, 0.2) is 65.6 Å². The molecule has 7 rings (SSSR count). The SMILES string of the molecule is CCOc1cc(OC)cc(-n2cc(C(=O)N(CC)c3cc(F)cc(F)c3)c(=O)c3ccc(OCCCCCCCC[N+]45CCN(CC4)CC5)cc32)c1. The third-order valence-electron chi connectivity index (χ3n) is 10.6. The van der Waals surface area contributed by atoms with Gasteiger partial charge in [-0.15, -0.1) is 0 Å². The number of fused-ring (bicyclic) bond motifs is 4. The van der Waals surface area contributed by atoms with Gasteiger partial charge in [-0.25, -0.2) is 8.78 Å². The van der Waals surface area contributed by atoms with Gasteiger partial charge in [0.15, 0.2) is 0 Å². The summed E-state index contributed by atoms with van der Waals surface area (Å²) in [5.74, 6) is -0.644. The van der Waals surface area contributed by atoms with Gasteiger partial charge < -0.3 is 28.2 Å². The van der Waals surface area contributed by atoms with Crippen LogP contribution in [0.25, 0.3) is 16.6 Å². The number of aromatic nitrogens is 1. The Morgan fingerprint density at radius 1 is 0.808 bits per heavy atom. The summed E-state index contributed by atoms with van der Waals surface area (Å²) in [7, 11) is 1.55. The number of halogens is 2. The van der Waals surface area contributed by atoms with E-state index in [0.717, 1.165) is 31.0 Å². The van der Waals surface area contributed by atoms with Crippen molar-refractivity contribution in [3.05, 3.63) is 88.2 Å². The van der Waals surface area contributed by atoms with Crippen LogP contribution in [0.5, 0.6) is 17.2 Å². The lowest BCUT2D eigenvalue weighted by Gasteiger charge is -2.50. The van der Waals surface area contributed by atoms with Gasteiger partial charge in [0.05, 0.1) is 57.7 Å². The maximum Gasteiger partial charge on any atom is 0.263 e. The number of benzene rings is 3. The minimum atomic E-state index is -0.821. The maximum atomic E-state index is 14.2. The number of hydrogen-bond donors (Lipinski definition) is 0. The number of quaternary nitrogens is 1. The highest BCUT2D eigenvalue weighted by atomic mass is 19.1. The van der Waals surface area contributed by atoms with Crippen molar-refractivity contribution in [2.75, 3.05) is 77.6 Å². The van der Waals surface area contributed by atoms with E-state index in [4.69, 9.17) is 14.2 Å². The van der Waals surface area contributed by atoms with E-state index < -0.39 is 23.0 Å². The molecule has 2 bridgehead atoms. The van der Waals surface area contributed by atoms with Crippen LogP contribution in [0, 0.1) is 11.6 Å². The van der Waals surface area contributed by atoms with E-state index in [1.807, 2.05) is 6.92 Å². The molecule has 0 N–H and O–H groups in total. The van der Waals surface area contributed by atoms with Crippen LogP contribution in [0.2, 0.25) is 0 Å². The summed E-state index contributed by atoms with van der Waals surface area (Å²) in [4.78, 5) is 31.7. The normalized spacial score (nSPS) is 18.1. The molecule has 4 aromatic rings. The summed E-state index contributed by atoms with van der Waals surface area (Å²) in [6.07, 6.45) is 8.49. The van der Waals surface area contributed by atoms with E-state index in [0.29, 0.717) is 41.7 Å². The van der Waals surface area contributed by atoms with E-state index in [-0.39, 0.29) is 23.2 Å². The molecule has 0 unspecified atom stereocenters. The Morgan fingerprint density at radius 2 is 1.48 bits per heavy atom. The molecule has 0 spiro atoms. The lowest BCUT2D eigenvalue weighted by atomic mass is 10.1. The third kappa shape index (κ3) is 8.58. The summed E-state index contributed by atoms with van der Waals surface area (Å²) in [6.45, 7) is 13.7. The second kappa shape index (κ2) is 16.9. The molecular weight excluding hydrogens is 666 g/mol. The van der Waals surface area contributed by atoms with Gasteiger partial charge in [0, 0.05) is 73.8 Å². The number of nitrogens with zero attached hydrogens (tertiary/aromatic N) is 4. The zero-order chi connectivity index (χ0) is 36.7. The van der Waals surface area contributed by atoms with Crippen molar-refractivity contribution in [1.29, 1.82) is 0 Å². The summed E-state index contributed by atoms with van der Waals surface area (Å²) in [5.41, 5.74) is 0.473. The Hall–Kier alpha value is -4.48. The number of unbranched alkanes of at least 4 members (excludes halogenated alkanes) is 5. The predicted octanol–water partition coefficient (Wildman–Crippen LogP) is 7.21. The molecule has 3 aliphatic rings. The van der Waals surface area contributed by atoms with E-state index in [2.05, 4.69) is 4.90 Å². The van der Waals surface area contributed by atoms with Crippen molar-refractivity contribution in [3.8, 4) is 22.9 Å². The number of ether oxygens (including phenoxy) is 3. The molecule has 4 heterocycles. The average Bonchev–Trinajstić information content (AvgIpc) is 3.15. The highest BCUT2D eigenvalue weighted by Crippen LogP contribution is 2.30. The molecule has 52 heavy (non-hydrogen) atoms. The van der Waals surface area contributed by atoms with Crippen LogP contribution in [0.3, 0.4) is 0 Å². The van der Waals surface area contributed by atoms with Gasteiger partial charge in [-0.2, -0.15) is 0 Å². The minimum absolute atomic E-state index is 0.0171. The number of amides is 1. The Bertz CT molecular complexity index is 1890. The molecule has 1 aromatic heterocycles. The Kier molecular flexibility index (Phi) is 12.1. The van der Waals surface area contributed by atoms with Crippen molar-refractivity contribution < 1.29 is 32.3 Å². The number of carbonyl (C=O) groups is 1. The van der Waals surface area contributed by atoms with Crippen molar-refractivity contribution in [3.63, 3.8) is 0 Å². The topological polar surface area (TPSA) is 73.2 Å². The van der Waals surface area contributed by atoms with Gasteiger partial charge in [-0.1, -0.05) is 19.3 Å². The Labute approximate surface area is 304 Å². The number of hydrogen-bond acceptors (Lipinski definition) is 6. The summed E-state index contributed by atoms with van der Waals surface area (Å²) in [5, 5.41) is 0.289. The molecule has 3 aromatic carbocycles. The second-order valence-corrected chi connectivity index (χ2v) is 13.9. The summed E-state index contributed by atoms with van der Waals surface area (Å²) < 4.78 is 48.9. The monoisotopic (exact) mass is 717 g/mol. The quantitative estimate of drug-likeness (QED) is 0.0850. The van der Waals surface area contributed by atoms with Gasteiger partial charge in [-0.05, 0) is 57.4 Å². The average molecular weight is 718 g/mol. The van der Waals surface area contributed by atoms with E-state index in [1.54, 1.807) is 55.0 Å². The Balaban J connectivity index is 1.19. The van der Waals surface area contributed by atoms with Crippen molar-refractivity contribution >= 4 is 22.5 Å². The first-order valence-electron chi connectivity index (χ1n) is 18.7. The predicted molar refractivity (Wildman–Crippen MR) is 200 cm³/mol. The largest absolute Gasteiger partial charge is 0.497 e. The van der Waals surface area contributed by atoms with Gasteiger partial charge >= 0.3 is 0 Å². The van der Waals surface area contributed by atoms with Crippen LogP contribution in [-0.2, 0) is 0 Å². The van der Waals surface area contributed by atoms with Crippen molar-refractivity contribution in [2.45, 2.75) is 52.4 Å². The van der Waals surface area contributed by atoms with Crippen LogP contribution in [0.4, 0.5) is 14.5 Å². The Morgan fingerprint density at radius 3 is 2.15 bits per heavy atom. The summed E-state index contributed by atoms with van der Waals surface area (Å²) in [6, 6.07) is 13.4. The minimum Gasteiger partial charge on any atom is -0.497 e. The first-order valence-corrected chi connectivity index (χ1v) is 18.7. The number of pyridine rings is 1. The molecule has 0 aliphatic carbocycles.